The third-order valence-corrected chi connectivity index (χ3v) is 4.95. The average molecular weight is 362 g/mol. The van der Waals surface area contributed by atoms with Crippen LogP contribution in [0.4, 0.5) is 18.9 Å². The minimum Gasteiger partial charge on any atom is -0.326 e. The first kappa shape index (κ1) is 18.5. The van der Waals surface area contributed by atoms with E-state index in [0.29, 0.717) is 12.1 Å². The van der Waals surface area contributed by atoms with E-state index in [4.69, 9.17) is 0 Å². The number of halogens is 3. The van der Waals surface area contributed by atoms with Crippen molar-refractivity contribution in [3.8, 4) is 0 Å². The molecule has 1 amide bonds. The van der Waals surface area contributed by atoms with E-state index in [1.807, 2.05) is 12.2 Å². The molecule has 0 heterocycles. The minimum absolute atomic E-state index is 0.133. The van der Waals surface area contributed by atoms with E-state index in [9.17, 15) is 26.4 Å². The molecule has 0 bridgehead atoms. The zero-order valence-corrected chi connectivity index (χ0v) is 13.5. The fraction of sp³-hybridized carbons (Fsp3) is 0.400. The number of hydrogen-bond donors (Lipinski definition) is 2. The molecule has 1 aromatic carbocycles. The summed E-state index contributed by atoms with van der Waals surface area (Å²) in [7, 11) is -4.25. The maximum atomic E-state index is 12.1. The number of amides is 1. The lowest BCUT2D eigenvalue weighted by Crippen LogP contribution is -2.33. The molecule has 0 radical (unpaired) electrons. The summed E-state index contributed by atoms with van der Waals surface area (Å²) in [5.74, 6) is -0.294. The van der Waals surface area contributed by atoms with E-state index in [0.717, 1.165) is 25.0 Å². The number of rotatable bonds is 5. The van der Waals surface area contributed by atoms with Crippen molar-refractivity contribution in [2.75, 3.05) is 11.9 Å². The smallest absolute Gasteiger partial charge is 0.326 e. The highest BCUT2D eigenvalue weighted by Crippen LogP contribution is 2.21. The fourth-order valence-corrected chi connectivity index (χ4v) is 3.27. The van der Waals surface area contributed by atoms with Crippen molar-refractivity contribution in [3.05, 3.63) is 36.4 Å². The van der Waals surface area contributed by atoms with Crippen LogP contribution in [0.15, 0.2) is 41.3 Å². The Labute approximate surface area is 138 Å². The SMILES string of the molecule is O=C(Nc1ccc(S(=O)(=O)NCC(F)(F)F)cc1)[C@H]1CC=CCC1. The normalized spacial score (nSPS) is 18.4. The van der Waals surface area contributed by atoms with Crippen LogP contribution < -0.4 is 10.0 Å². The maximum absolute atomic E-state index is 12.1. The van der Waals surface area contributed by atoms with E-state index in [2.05, 4.69) is 5.32 Å². The summed E-state index contributed by atoms with van der Waals surface area (Å²) >= 11 is 0. The van der Waals surface area contributed by atoms with Gasteiger partial charge in [0.1, 0.15) is 6.54 Å². The summed E-state index contributed by atoms with van der Waals surface area (Å²) in [6, 6.07) is 4.99. The van der Waals surface area contributed by atoms with E-state index in [1.54, 1.807) is 0 Å². The predicted octanol–water partition coefficient (Wildman–Crippen LogP) is 2.82. The molecular weight excluding hydrogens is 345 g/mol. The summed E-state index contributed by atoms with van der Waals surface area (Å²) in [5, 5.41) is 2.68. The summed E-state index contributed by atoms with van der Waals surface area (Å²) in [6.07, 6.45) is 1.55. The summed E-state index contributed by atoms with van der Waals surface area (Å²) in [4.78, 5) is 11.8. The van der Waals surface area contributed by atoms with Gasteiger partial charge in [-0.2, -0.15) is 13.2 Å². The second kappa shape index (κ2) is 7.35. The number of allylic oxidation sites excluding steroid dienone is 2. The zero-order chi connectivity index (χ0) is 17.8. The Balaban J connectivity index is 1.99. The van der Waals surface area contributed by atoms with Crippen LogP contribution in [-0.2, 0) is 14.8 Å². The van der Waals surface area contributed by atoms with Gasteiger partial charge in [0.2, 0.25) is 15.9 Å². The minimum atomic E-state index is -4.63. The van der Waals surface area contributed by atoms with E-state index >= 15 is 0 Å². The van der Waals surface area contributed by atoms with E-state index < -0.39 is 22.7 Å². The predicted molar refractivity (Wildman–Crippen MR) is 82.8 cm³/mol. The molecule has 0 aliphatic heterocycles. The Morgan fingerprint density at radius 1 is 1.17 bits per heavy atom. The number of anilines is 1. The standard InChI is InChI=1S/C15H17F3N2O3S/c16-15(17,18)10-19-24(22,23)13-8-6-12(7-9-13)20-14(21)11-4-2-1-3-5-11/h1-2,6-9,11,19H,3-5,10H2,(H,20,21)/t11-/m0/s1. The number of hydrogen-bond acceptors (Lipinski definition) is 3. The third kappa shape index (κ3) is 5.34. The molecule has 1 aliphatic rings. The second-order valence-corrected chi connectivity index (χ2v) is 7.20. The largest absolute Gasteiger partial charge is 0.402 e. The molecule has 0 saturated carbocycles. The van der Waals surface area contributed by atoms with E-state index in [-0.39, 0.29) is 16.7 Å². The number of alkyl halides is 3. The molecule has 1 aromatic rings. The molecule has 1 atom stereocenters. The Bertz CT molecular complexity index is 712. The van der Waals surface area contributed by atoms with Gasteiger partial charge in [0.05, 0.1) is 4.90 Å². The molecule has 9 heteroatoms. The number of carbonyl (C=O) groups excluding carboxylic acids is 1. The maximum Gasteiger partial charge on any atom is 0.402 e. The molecule has 0 saturated heterocycles. The lowest BCUT2D eigenvalue weighted by molar-refractivity contribution is -0.121. The van der Waals surface area contributed by atoms with Crippen LogP contribution >= 0.6 is 0 Å². The molecule has 0 unspecified atom stereocenters. The number of nitrogens with one attached hydrogen (secondary N) is 2. The summed E-state index contributed by atoms with van der Waals surface area (Å²) < 4.78 is 61.3. The quantitative estimate of drug-likeness (QED) is 0.791. The van der Waals surface area contributed by atoms with Crippen molar-refractivity contribution in [3.63, 3.8) is 0 Å². The molecule has 0 aromatic heterocycles. The number of sulfonamides is 1. The topological polar surface area (TPSA) is 75.3 Å². The molecule has 24 heavy (non-hydrogen) atoms. The number of carbonyl (C=O) groups is 1. The lowest BCUT2D eigenvalue weighted by Gasteiger charge is -2.17. The van der Waals surface area contributed by atoms with Gasteiger partial charge in [-0.05, 0) is 43.5 Å². The average Bonchev–Trinajstić information content (AvgIpc) is 2.54. The summed E-state index contributed by atoms with van der Waals surface area (Å²) in [5.41, 5.74) is 0.393. The van der Waals surface area contributed by atoms with Crippen molar-refractivity contribution in [1.29, 1.82) is 0 Å². The van der Waals surface area contributed by atoms with Gasteiger partial charge in [0, 0.05) is 11.6 Å². The highest BCUT2D eigenvalue weighted by atomic mass is 32.2. The van der Waals surface area contributed by atoms with Crippen molar-refractivity contribution in [2.45, 2.75) is 30.3 Å². The molecule has 0 spiro atoms. The lowest BCUT2D eigenvalue weighted by atomic mass is 9.93. The molecule has 2 rings (SSSR count). The first-order valence-electron chi connectivity index (χ1n) is 7.30. The van der Waals surface area contributed by atoms with Gasteiger partial charge < -0.3 is 5.32 Å². The monoisotopic (exact) mass is 362 g/mol. The van der Waals surface area contributed by atoms with Crippen LogP contribution in [-0.4, -0.2) is 27.0 Å². The molecule has 2 N–H and O–H groups in total. The Morgan fingerprint density at radius 3 is 2.38 bits per heavy atom. The highest BCUT2D eigenvalue weighted by molar-refractivity contribution is 7.89. The molecule has 132 valence electrons. The van der Waals surface area contributed by atoms with Crippen LogP contribution in [0.3, 0.4) is 0 Å². The van der Waals surface area contributed by atoms with Gasteiger partial charge in [0.25, 0.3) is 0 Å². The molecule has 0 fully saturated rings. The molecule has 1 aliphatic carbocycles. The molecule has 5 nitrogen and oxygen atoms in total. The second-order valence-electron chi connectivity index (χ2n) is 5.43. The zero-order valence-electron chi connectivity index (χ0n) is 12.6. The first-order chi connectivity index (χ1) is 11.2. The van der Waals surface area contributed by atoms with Gasteiger partial charge in [-0.25, -0.2) is 13.1 Å². The Hall–Kier alpha value is -1.87. The van der Waals surface area contributed by atoms with Crippen molar-refractivity contribution in [1.82, 2.24) is 4.72 Å². The van der Waals surface area contributed by atoms with Crippen LogP contribution in [0.2, 0.25) is 0 Å². The highest BCUT2D eigenvalue weighted by Gasteiger charge is 2.30. The molecular formula is C15H17F3N2O3S. The fourth-order valence-electron chi connectivity index (χ4n) is 2.25. The van der Waals surface area contributed by atoms with Gasteiger partial charge in [0.15, 0.2) is 0 Å². The van der Waals surface area contributed by atoms with Gasteiger partial charge in [-0.15, -0.1) is 0 Å². The Morgan fingerprint density at radius 2 is 1.83 bits per heavy atom. The van der Waals surface area contributed by atoms with Gasteiger partial charge in [-0.3, -0.25) is 4.79 Å². The summed E-state index contributed by atoms with van der Waals surface area (Å²) in [6.45, 7) is -1.64. The van der Waals surface area contributed by atoms with Crippen molar-refractivity contribution >= 4 is 21.6 Å². The van der Waals surface area contributed by atoms with Crippen LogP contribution in [0.25, 0.3) is 0 Å². The first-order valence-corrected chi connectivity index (χ1v) is 8.78. The third-order valence-electron chi connectivity index (χ3n) is 3.53. The van der Waals surface area contributed by atoms with E-state index in [1.165, 1.54) is 16.9 Å². The van der Waals surface area contributed by atoms with Gasteiger partial charge in [-0.1, -0.05) is 12.2 Å². The van der Waals surface area contributed by atoms with Crippen LogP contribution in [0, 0.1) is 5.92 Å². The van der Waals surface area contributed by atoms with Crippen LogP contribution in [0.5, 0.6) is 0 Å². The van der Waals surface area contributed by atoms with Gasteiger partial charge >= 0.3 is 6.18 Å². The van der Waals surface area contributed by atoms with Crippen molar-refractivity contribution in [2.24, 2.45) is 5.92 Å². The number of benzene rings is 1. The Kier molecular flexibility index (Phi) is 5.66. The van der Waals surface area contributed by atoms with Crippen molar-refractivity contribution < 1.29 is 26.4 Å². The van der Waals surface area contributed by atoms with Crippen LogP contribution in [0.1, 0.15) is 19.3 Å².